The molecule has 4 rings (SSSR count). The Bertz CT molecular complexity index is 1030. The molecule has 142 valence electrons. The van der Waals surface area contributed by atoms with Crippen molar-refractivity contribution in [3.8, 4) is 5.75 Å². The molecule has 2 heterocycles. The molecular weight excluding hydrogens is 362 g/mol. The van der Waals surface area contributed by atoms with E-state index in [-0.39, 0.29) is 17.5 Å². The fourth-order valence-electron chi connectivity index (χ4n) is 3.66. The lowest BCUT2D eigenvalue weighted by Gasteiger charge is -2.28. The highest BCUT2D eigenvalue weighted by atomic mass is 32.2. The highest BCUT2D eigenvalue weighted by molar-refractivity contribution is 7.91. The monoisotopic (exact) mass is 385 g/mol. The molecule has 7 heteroatoms. The fraction of sp³-hybridized carbons (Fsp3) is 0.350. The molecule has 1 atom stereocenters. The summed E-state index contributed by atoms with van der Waals surface area (Å²) in [6.07, 6.45) is 2.49. The van der Waals surface area contributed by atoms with Crippen LogP contribution in [-0.4, -0.2) is 48.2 Å². The Hall–Kier alpha value is -2.38. The molecular formula is C20H23N3O3S. The van der Waals surface area contributed by atoms with Crippen molar-refractivity contribution >= 4 is 20.7 Å². The zero-order chi connectivity index (χ0) is 18.9. The number of fused-ring (bicyclic) bond motifs is 1. The lowest BCUT2D eigenvalue weighted by atomic mass is 10.1. The summed E-state index contributed by atoms with van der Waals surface area (Å²) in [5.41, 5.74) is 3.28. The van der Waals surface area contributed by atoms with Crippen LogP contribution in [0.5, 0.6) is 5.75 Å². The minimum absolute atomic E-state index is 0.0366. The van der Waals surface area contributed by atoms with E-state index in [4.69, 9.17) is 4.74 Å². The van der Waals surface area contributed by atoms with Gasteiger partial charge in [0.05, 0.1) is 30.3 Å². The van der Waals surface area contributed by atoms with Gasteiger partial charge in [-0.05, 0) is 35.7 Å². The molecule has 0 saturated carbocycles. The molecule has 1 unspecified atom stereocenters. The van der Waals surface area contributed by atoms with Crippen LogP contribution < -0.4 is 4.74 Å². The number of aromatic amines is 1. The first-order valence-electron chi connectivity index (χ1n) is 9.02. The molecule has 6 nitrogen and oxygen atoms in total. The SMILES string of the molecule is COc1ccc(CN(Cc2ccc3cn[nH]c3c2)C2CCS(=O)(=O)C2)cc1. The standard InChI is InChI=1S/C20H23N3O3S/c1-26-19-6-3-15(4-7-19)12-23(18-8-9-27(24,25)14-18)13-16-2-5-17-11-21-22-20(17)10-16/h2-7,10-11,18H,8-9,12-14H2,1H3,(H,21,22). The number of benzene rings is 2. The molecule has 0 aliphatic carbocycles. The smallest absolute Gasteiger partial charge is 0.151 e. The number of nitrogens with zero attached hydrogens (tertiary/aromatic N) is 2. The molecule has 1 N–H and O–H groups in total. The van der Waals surface area contributed by atoms with E-state index in [9.17, 15) is 8.42 Å². The molecule has 1 aromatic heterocycles. The quantitative estimate of drug-likeness (QED) is 0.706. The van der Waals surface area contributed by atoms with Crippen LogP contribution in [-0.2, 0) is 22.9 Å². The predicted molar refractivity (Wildman–Crippen MR) is 105 cm³/mol. The van der Waals surface area contributed by atoms with E-state index in [2.05, 4.69) is 27.2 Å². The van der Waals surface area contributed by atoms with Crippen molar-refractivity contribution < 1.29 is 13.2 Å². The summed E-state index contributed by atoms with van der Waals surface area (Å²) < 4.78 is 29.3. The second-order valence-electron chi connectivity index (χ2n) is 7.10. The van der Waals surface area contributed by atoms with Crippen molar-refractivity contribution in [2.75, 3.05) is 18.6 Å². The summed E-state index contributed by atoms with van der Waals surface area (Å²) in [6, 6.07) is 14.2. The van der Waals surface area contributed by atoms with Crippen molar-refractivity contribution in [1.29, 1.82) is 0 Å². The minimum Gasteiger partial charge on any atom is -0.497 e. The molecule has 3 aromatic rings. The van der Waals surface area contributed by atoms with Gasteiger partial charge in [0.2, 0.25) is 0 Å². The van der Waals surface area contributed by atoms with Crippen molar-refractivity contribution in [3.63, 3.8) is 0 Å². The maximum atomic E-state index is 12.0. The van der Waals surface area contributed by atoms with E-state index in [0.717, 1.165) is 27.8 Å². The van der Waals surface area contributed by atoms with Gasteiger partial charge in [0.1, 0.15) is 5.75 Å². The normalized spacial score (nSPS) is 19.0. The van der Waals surface area contributed by atoms with Crippen LogP contribution >= 0.6 is 0 Å². The third-order valence-corrected chi connectivity index (χ3v) is 6.91. The van der Waals surface area contributed by atoms with E-state index in [1.807, 2.05) is 30.3 Å². The van der Waals surface area contributed by atoms with Gasteiger partial charge in [0.25, 0.3) is 0 Å². The molecule has 2 aromatic carbocycles. The third-order valence-electron chi connectivity index (χ3n) is 5.16. The van der Waals surface area contributed by atoms with Gasteiger partial charge >= 0.3 is 0 Å². The molecule has 0 bridgehead atoms. The van der Waals surface area contributed by atoms with E-state index < -0.39 is 9.84 Å². The van der Waals surface area contributed by atoms with Gasteiger partial charge in [-0.15, -0.1) is 0 Å². The summed E-state index contributed by atoms with van der Waals surface area (Å²) in [7, 11) is -1.29. The van der Waals surface area contributed by atoms with E-state index in [1.165, 1.54) is 0 Å². The van der Waals surface area contributed by atoms with Crippen molar-refractivity contribution in [1.82, 2.24) is 15.1 Å². The zero-order valence-electron chi connectivity index (χ0n) is 15.3. The first-order chi connectivity index (χ1) is 13.0. The Morgan fingerprint density at radius 1 is 1.15 bits per heavy atom. The fourth-order valence-corrected chi connectivity index (χ4v) is 5.42. The first-order valence-corrected chi connectivity index (χ1v) is 10.8. The lowest BCUT2D eigenvalue weighted by Crippen LogP contribution is -2.35. The number of ether oxygens (including phenoxy) is 1. The molecule has 1 fully saturated rings. The molecule has 0 amide bonds. The summed E-state index contributed by atoms with van der Waals surface area (Å²) >= 11 is 0. The van der Waals surface area contributed by atoms with Crippen LogP contribution in [0.1, 0.15) is 17.5 Å². The van der Waals surface area contributed by atoms with Gasteiger partial charge in [-0.2, -0.15) is 5.10 Å². The Balaban J connectivity index is 1.58. The summed E-state index contributed by atoms with van der Waals surface area (Å²) in [5, 5.41) is 8.15. The number of aromatic nitrogens is 2. The highest BCUT2D eigenvalue weighted by Crippen LogP contribution is 2.24. The van der Waals surface area contributed by atoms with Crippen LogP contribution in [0.3, 0.4) is 0 Å². The Labute approximate surface area is 159 Å². The van der Waals surface area contributed by atoms with Crippen LogP contribution in [0.2, 0.25) is 0 Å². The summed E-state index contributed by atoms with van der Waals surface area (Å²) in [6.45, 7) is 1.40. The molecule has 0 radical (unpaired) electrons. The van der Waals surface area contributed by atoms with E-state index >= 15 is 0 Å². The third kappa shape index (κ3) is 4.14. The van der Waals surface area contributed by atoms with Gasteiger partial charge in [0, 0.05) is 24.5 Å². The highest BCUT2D eigenvalue weighted by Gasteiger charge is 2.32. The van der Waals surface area contributed by atoms with Crippen molar-refractivity contribution in [2.24, 2.45) is 0 Å². The predicted octanol–water partition coefficient (Wildman–Crippen LogP) is 2.76. The van der Waals surface area contributed by atoms with Crippen LogP contribution in [0.4, 0.5) is 0 Å². The topological polar surface area (TPSA) is 75.3 Å². The molecule has 0 spiro atoms. The van der Waals surface area contributed by atoms with Crippen LogP contribution in [0, 0.1) is 0 Å². The number of nitrogens with one attached hydrogen (secondary N) is 1. The van der Waals surface area contributed by atoms with E-state index in [0.29, 0.717) is 19.5 Å². The van der Waals surface area contributed by atoms with E-state index in [1.54, 1.807) is 13.3 Å². The number of hydrogen-bond acceptors (Lipinski definition) is 5. The summed E-state index contributed by atoms with van der Waals surface area (Å²) in [5.74, 6) is 1.32. The first kappa shape index (κ1) is 18.0. The maximum absolute atomic E-state index is 12.0. The molecule has 27 heavy (non-hydrogen) atoms. The lowest BCUT2D eigenvalue weighted by molar-refractivity contribution is 0.194. The minimum atomic E-state index is -2.94. The zero-order valence-corrected chi connectivity index (χ0v) is 16.1. The van der Waals surface area contributed by atoms with Gasteiger partial charge in [-0.25, -0.2) is 8.42 Å². The van der Waals surface area contributed by atoms with Crippen molar-refractivity contribution in [2.45, 2.75) is 25.6 Å². The largest absolute Gasteiger partial charge is 0.497 e. The average Bonchev–Trinajstić information content (AvgIpc) is 3.27. The van der Waals surface area contributed by atoms with Gasteiger partial charge in [-0.1, -0.05) is 24.3 Å². The Morgan fingerprint density at radius 3 is 2.59 bits per heavy atom. The number of rotatable bonds is 6. The van der Waals surface area contributed by atoms with Crippen LogP contribution in [0.25, 0.3) is 10.9 Å². The summed E-state index contributed by atoms with van der Waals surface area (Å²) in [4.78, 5) is 2.27. The number of methoxy groups -OCH3 is 1. The molecule has 1 aliphatic heterocycles. The van der Waals surface area contributed by atoms with Crippen LogP contribution in [0.15, 0.2) is 48.7 Å². The second-order valence-corrected chi connectivity index (χ2v) is 9.33. The maximum Gasteiger partial charge on any atom is 0.151 e. The number of sulfone groups is 1. The molecule has 1 aliphatic rings. The Kier molecular flexibility index (Phi) is 4.88. The molecule has 1 saturated heterocycles. The number of hydrogen-bond donors (Lipinski definition) is 1. The second kappa shape index (κ2) is 7.32. The van der Waals surface area contributed by atoms with Crippen molar-refractivity contribution in [3.05, 3.63) is 59.8 Å². The van der Waals surface area contributed by atoms with Gasteiger partial charge < -0.3 is 4.74 Å². The number of H-pyrrole nitrogens is 1. The van der Waals surface area contributed by atoms with Gasteiger partial charge in [-0.3, -0.25) is 10.00 Å². The van der Waals surface area contributed by atoms with Gasteiger partial charge in [0.15, 0.2) is 9.84 Å². The Morgan fingerprint density at radius 2 is 1.89 bits per heavy atom. The average molecular weight is 385 g/mol.